The van der Waals surface area contributed by atoms with Crippen molar-refractivity contribution in [3.05, 3.63) is 58.0 Å². The number of piperazine rings is 1. The van der Waals surface area contributed by atoms with Crippen molar-refractivity contribution in [1.82, 2.24) is 24.8 Å². The van der Waals surface area contributed by atoms with Crippen molar-refractivity contribution in [2.75, 3.05) is 24.5 Å². The van der Waals surface area contributed by atoms with Gasteiger partial charge in [0, 0.05) is 60.8 Å². The fourth-order valence-corrected chi connectivity index (χ4v) is 4.25. The summed E-state index contributed by atoms with van der Waals surface area (Å²) in [4.78, 5) is 21.9. The third-order valence-electron chi connectivity index (χ3n) is 6.04. The smallest absolute Gasteiger partial charge is 0.269 e. The van der Waals surface area contributed by atoms with Gasteiger partial charge in [-0.15, -0.1) is 0 Å². The molecule has 0 radical (unpaired) electrons. The molecule has 0 amide bonds. The second-order valence-electron chi connectivity index (χ2n) is 8.59. The zero-order valence-electron chi connectivity index (χ0n) is 18.9. The number of rotatable bonds is 5. The summed E-state index contributed by atoms with van der Waals surface area (Å²) in [6, 6.07) is 6.53. The Balaban J connectivity index is 1.55. The molecule has 0 N–H and O–H groups in total. The molecule has 0 bridgehead atoms. The van der Waals surface area contributed by atoms with E-state index < -0.39 is 0 Å². The Morgan fingerprint density at radius 3 is 2.65 bits per heavy atom. The van der Waals surface area contributed by atoms with E-state index in [0.29, 0.717) is 30.1 Å². The highest BCUT2D eigenvalue weighted by Gasteiger charge is 2.26. The normalized spacial score (nSPS) is 17.5. The number of nitrogens with zero attached hydrogens (tertiary/aromatic N) is 6. The molecule has 1 atom stereocenters. The van der Waals surface area contributed by atoms with Crippen LogP contribution in [-0.2, 0) is 6.54 Å². The molecule has 0 spiro atoms. The van der Waals surface area contributed by atoms with Crippen molar-refractivity contribution in [2.24, 2.45) is 0 Å². The summed E-state index contributed by atoms with van der Waals surface area (Å²) in [5, 5.41) is 8.65. The fourth-order valence-electron chi connectivity index (χ4n) is 4.25. The van der Waals surface area contributed by atoms with Crippen molar-refractivity contribution in [1.29, 1.82) is 0 Å². The maximum atomic E-state index is 12.9. The lowest BCUT2D eigenvalue weighted by atomic mass is 10.1. The molecule has 8 heteroatoms. The van der Waals surface area contributed by atoms with Crippen molar-refractivity contribution in [3.63, 3.8) is 0 Å². The molecule has 0 saturated carbocycles. The highest BCUT2D eigenvalue weighted by molar-refractivity contribution is 5.62. The Morgan fingerprint density at radius 2 is 2.00 bits per heavy atom. The van der Waals surface area contributed by atoms with Crippen molar-refractivity contribution in [3.8, 4) is 11.3 Å². The highest BCUT2D eigenvalue weighted by atomic mass is 16.5. The Bertz CT molecular complexity index is 1100. The van der Waals surface area contributed by atoms with Crippen LogP contribution < -0.4 is 10.5 Å². The molecule has 1 saturated heterocycles. The minimum Gasteiger partial charge on any atom is -0.367 e. The summed E-state index contributed by atoms with van der Waals surface area (Å²) < 4.78 is 6.88. The number of aryl methyl sites for hydroxylation is 2. The van der Waals surface area contributed by atoms with Gasteiger partial charge in [0.2, 0.25) is 0 Å². The molecular weight excluding hydrogens is 392 g/mol. The molecule has 164 valence electrons. The van der Waals surface area contributed by atoms with Gasteiger partial charge in [0.05, 0.1) is 18.4 Å². The average molecular weight is 423 g/mol. The van der Waals surface area contributed by atoms with Gasteiger partial charge in [-0.2, -0.15) is 5.10 Å². The number of hydrogen-bond acceptors (Lipinski definition) is 7. The largest absolute Gasteiger partial charge is 0.367 e. The molecule has 1 unspecified atom stereocenters. The van der Waals surface area contributed by atoms with Crippen LogP contribution in [0.3, 0.4) is 0 Å². The average Bonchev–Trinajstić information content (AvgIpc) is 3.10. The van der Waals surface area contributed by atoms with Crippen LogP contribution in [0.1, 0.15) is 37.8 Å². The number of hydrogen-bond donors (Lipinski definition) is 0. The number of anilines is 1. The summed E-state index contributed by atoms with van der Waals surface area (Å²) in [6.07, 6.45) is 3.56. The molecular formula is C23H30N6O2. The Kier molecular flexibility index (Phi) is 5.91. The standard InChI is InChI=1S/C23H30N6O2/c1-15(2)28-9-8-27(13-17(28)4)20-10-22(30)29(25-12-20)14-21-18(5)31-26-23(21)19-7-6-16(3)24-11-19/h6-7,10-12,15,17H,8-9,13-14H2,1-5H3. The summed E-state index contributed by atoms with van der Waals surface area (Å²) >= 11 is 0. The molecule has 0 aromatic carbocycles. The van der Waals surface area contributed by atoms with Crippen LogP contribution in [0.25, 0.3) is 11.3 Å². The zero-order chi connectivity index (χ0) is 22.1. The zero-order valence-corrected chi connectivity index (χ0v) is 18.9. The van der Waals surface area contributed by atoms with Gasteiger partial charge in [-0.3, -0.25) is 14.7 Å². The van der Waals surface area contributed by atoms with E-state index in [0.717, 1.165) is 42.1 Å². The molecule has 0 aliphatic carbocycles. The number of aromatic nitrogens is 4. The minimum atomic E-state index is -0.134. The maximum absolute atomic E-state index is 12.9. The first-order chi connectivity index (χ1) is 14.8. The molecule has 1 aliphatic heterocycles. The molecule has 3 aromatic rings. The predicted molar refractivity (Wildman–Crippen MR) is 120 cm³/mol. The lowest BCUT2D eigenvalue weighted by Crippen LogP contribution is -2.54. The topological polar surface area (TPSA) is 80.3 Å². The second-order valence-corrected chi connectivity index (χ2v) is 8.59. The van der Waals surface area contributed by atoms with E-state index in [4.69, 9.17) is 4.52 Å². The van der Waals surface area contributed by atoms with Crippen LogP contribution in [0.2, 0.25) is 0 Å². The van der Waals surface area contributed by atoms with Gasteiger partial charge < -0.3 is 9.42 Å². The molecule has 4 rings (SSSR count). The van der Waals surface area contributed by atoms with Crippen LogP contribution >= 0.6 is 0 Å². The fraction of sp³-hybridized carbons (Fsp3) is 0.478. The Hall–Kier alpha value is -3.00. The van der Waals surface area contributed by atoms with Crippen LogP contribution in [0, 0.1) is 13.8 Å². The van der Waals surface area contributed by atoms with Gasteiger partial charge in [0.15, 0.2) is 0 Å². The van der Waals surface area contributed by atoms with E-state index in [1.54, 1.807) is 18.5 Å². The van der Waals surface area contributed by atoms with Crippen LogP contribution in [0.4, 0.5) is 5.69 Å². The first kappa shape index (κ1) is 21.2. The second kappa shape index (κ2) is 8.63. The van der Waals surface area contributed by atoms with Gasteiger partial charge in [0.1, 0.15) is 11.5 Å². The summed E-state index contributed by atoms with van der Waals surface area (Å²) in [6.45, 7) is 13.5. The minimum absolute atomic E-state index is 0.134. The third kappa shape index (κ3) is 4.39. The summed E-state index contributed by atoms with van der Waals surface area (Å²) in [5.74, 6) is 0.673. The first-order valence-electron chi connectivity index (χ1n) is 10.8. The monoisotopic (exact) mass is 422 g/mol. The van der Waals surface area contributed by atoms with E-state index in [9.17, 15) is 4.79 Å². The molecule has 4 heterocycles. The molecule has 8 nitrogen and oxygen atoms in total. The van der Waals surface area contributed by atoms with Gasteiger partial charge in [-0.1, -0.05) is 5.16 Å². The summed E-state index contributed by atoms with van der Waals surface area (Å²) in [5.41, 5.74) is 4.07. The van der Waals surface area contributed by atoms with Crippen molar-refractivity contribution < 1.29 is 4.52 Å². The molecule has 3 aromatic heterocycles. The van der Waals surface area contributed by atoms with Crippen LogP contribution in [-0.4, -0.2) is 56.5 Å². The Labute approximate surface area is 182 Å². The highest BCUT2D eigenvalue weighted by Crippen LogP contribution is 2.25. The summed E-state index contributed by atoms with van der Waals surface area (Å²) in [7, 11) is 0. The van der Waals surface area contributed by atoms with Crippen LogP contribution in [0.5, 0.6) is 0 Å². The Morgan fingerprint density at radius 1 is 1.19 bits per heavy atom. The molecule has 1 aliphatic rings. The SMILES string of the molecule is Cc1ccc(-c2noc(C)c2Cn2ncc(N3CCN(C(C)C)C(C)C3)cc2=O)cn1. The van der Waals surface area contributed by atoms with Crippen LogP contribution in [0.15, 0.2) is 39.9 Å². The predicted octanol–water partition coefficient (Wildman–Crippen LogP) is 2.88. The third-order valence-corrected chi connectivity index (χ3v) is 6.04. The molecule has 1 fully saturated rings. The number of pyridine rings is 1. The van der Waals surface area contributed by atoms with E-state index in [1.807, 2.05) is 26.0 Å². The quantitative estimate of drug-likeness (QED) is 0.625. The van der Waals surface area contributed by atoms with Crippen molar-refractivity contribution in [2.45, 2.75) is 53.2 Å². The van der Waals surface area contributed by atoms with E-state index in [1.165, 1.54) is 4.68 Å². The van der Waals surface area contributed by atoms with E-state index in [-0.39, 0.29) is 5.56 Å². The molecule has 31 heavy (non-hydrogen) atoms. The lowest BCUT2D eigenvalue weighted by Gasteiger charge is -2.42. The van der Waals surface area contributed by atoms with Gasteiger partial charge in [-0.05, 0) is 46.8 Å². The maximum Gasteiger partial charge on any atom is 0.269 e. The van der Waals surface area contributed by atoms with E-state index >= 15 is 0 Å². The van der Waals surface area contributed by atoms with Crippen molar-refractivity contribution >= 4 is 5.69 Å². The van der Waals surface area contributed by atoms with Gasteiger partial charge in [-0.25, -0.2) is 4.68 Å². The van der Waals surface area contributed by atoms with E-state index in [2.05, 4.69) is 45.8 Å². The van der Waals surface area contributed by atoms with Gasteiger partial charge >= 0.3 is 0 Å². The lowest BCUT2D eigenvalue weighted by molar-refractivity contribution is 0.148. The van der Waals surface area contributed by atoms with Gasteiger partial charge in [0.25, 0.3) is 5.56 Å². The first-order valence-corrected chi connectivity index (χ1v) is 10.8.